The lowest BCUT2D eigenvalue weighted by Gasteiger charge is -2.63. The monoisotopic (exact) mass is 410 g/mol. The van der Waals surface area contributed by atoms with Gasteiger partial charge in [-0.3, -0.25) is 0 Å². The molecule has 4 rings (SSSR count). The number of hydrogen-bond acceptors (Lipinski definition) is 5. The quantitative estimate of drug-likeness (QED) is 0.459. The number of aliphatic hydroxyl groups is 5. The molecule has 168 valence electrons. The van der Waals surface area contributed by atoms with Gasteiger partial charge in [-0.05, 0) is 104 Å². The molecular formula is C24H42O5. The smallest absolute Gasteiger partial charge is 0.151 e. The molecular weight excluding hydrogens is 368 g/mol. The van der Waals surface area contributed by atoms with Crippen molar-refractivity contribution in [3.05, 3.63) is 0 Å². The number of aliphatic hydroxyl groups excluding tert-OH is 4. The molecule has 0 saturated heterocycles. The molecule has 29 heavy (non-hydrogen) atoms. The van der Waals surface area contributed by atoms with Crippen LogP contribution < -0.4 is 0 Å². The molecule has 0 amide bonds. The second-order valence-corrected chi connectivity index (χ2v) is 11.6. The molecule has 0 spiro atoms. The van der Waals surface area contributed by atoms with Gasteiger partial charge < -0.3 is 25.5 Å². The summed E-state index contributed by atoms with van der Waals surface area (Å²) in [5, 5.41) is 51.2. The first-order valence-corrected chi connectivity index (χ1v) is 12.0. The van der Waals surface area contributed by atoms with E-state index in [4.69, 9.17) is 0 Å². The zero-order valence-electron chi connectivity index (χ0n) is 18.4. The first kappa shape index (κ1) is 22.0. The average Bonchev–Trinajstić information content (AvgIpc) is 3.02. The Morgan fingerprint density at radius 3 is 2.14 bits per heavy atom. The summed E-state index contributed by atoms with van der Waals surface area (Å²) < 4.78 is 0. The van der Waals surface area contributed by atoms with E-state index in [0.717, 1.165) is 44.9 Å². The van der Waals surface area contributed by atoms with Crippen molar-refractivity contribution in [1.29, 1.82) is 0 Å². The minimum Gasteiger partial charge on any atom is -0.393 e. The Bertz CT molecular complexity index is 596. The molecule has 4 aliphatic rings. The van der Waals surface area contributed by atoms with Crippen LogP contribution in [-0.4, -0.2) is 50.1 Å². The van der Waals surface area contributed by atoms with Crippen molar-refractivity contribution in [3.8, 4) is 0 Å². The molecule has 11 atom stereocenters. The molecule has 0 aromatic rings. The third-order valence-electron chi connectivity index (χ3n) is 10.4. The lowest BCUT2D eigenvalue weighted by atomic mass is 9.43. The normalized spacial score (nSPS) is 53.3. The van der Waals surface area contributed by atoms with Gasteiger partial charge in [-0.25, -0.2) is 0 Å². The fourth-order valence-corrected chi connectivity index (χ4v) is 8.83. The third kappa shape index (κ3) is 3.40. The zero-order chi connectivity index (χ0) is 21.1. The Labute approximate surface area is 175 Å². The summed E-state index contributed by atoms with van der Waals surface area (Å²) in [4.78, 5) is 0. The minimum absolute atomic E-state index is 0.00554. The highest BCUT2D eigenvalue weighted by atomic mass is 16.5. The van der Waals surface area contributed by atoms with Crippen LogP contribution in [0.4, 0.5) is 0 Å². The first-order valence-electron chi connectivity index (χ1n) is 12.0. The Hall–Kier alpha value is -0.200. The van der Waals surface area contributed by atoms with Crippen LogP contribution in [0.2, 0.25) is 0 Å². The van der Waals surface area contributed by atoms with Crippen LogP contribution >= 0.6 is 0 Å². The van der Waals surface area contributed by atoms with E-state index in [1.807, 2.05) is 0 Å². The van der Waals surface area contributed by atoms with Crippen molar-refractivity contribution in [2.45, 2.75) is 103 Å². The summed E-state index contributed by atoms with van der Waals surface area (Å²) in [6.07, 6.45) is 5.09. The van der Waals surface area contributed by atoms with Gasteiger partial charge >= 0.3 is 0 Å². The van der Waals surface area contributed by atoms with Gasteiger partial charge in [0.15, 0.2) is 6.29 Å². The molecule has 9 unspecified atom stereocenters. The number of fused-ring (bicyclic) bond motifs is 5. The van der Waals surface area contributed by atoms with E-state index < -0.39 is 18.5 Å². The minimum atomic E-state index is -1.23. The van der Waals surface area contributed by atoms with Crippen LogP contribution in [0.3, 0.4) is 0 Å². The van der Waals surface area contributed by atoms with Crippen LogP contribution in [0, 0.1) is 46.3 Å². The fraction of sp³-hybridized carbons (Fsp3) is 1.00. The van der Waals surface area contributed by atoms with E-state index in [1.54, 1.807) is 0 Å². The average molecular weight is 411 g/mol. The SMILES string of the molecule is CC(CCC(O)O)C1CCC2C3C(O)C(O)C4CC(O)CC[C@]4(C)C3CC[C@]12C. The summed E-state index contributed by atoms with van der Waals surface area (Å²) in [6.45, 7) is 6.96. The summed E-state index contributed by atoms with van der Waals surface area (Å²) in [5.74, 6) is 1.94. The Kier molecular flexibility index (Phi) is 5.87. The van der Waals surface area contributed by atoms with E-state index in [2.05, 4.69) is 20.8 Å². The van der Waals surface area contributed by atoms with Crippen LogP contribution in [-0.2, 0) is 0 Å². The highest BCUT2D eigenvalue weighted by Gasteiger charge is 2.65. The molecule has 0 bridgehead atoms. The van der Waals surface area contributed by atoms with Gasteiger partial charge in [0, 0.05) is 0 Å². The van der Waals surface area contributed by atoms with Crippen molar-refractivity contribution in [2.24, 2.45) is 46.3 Å². The van der Waals surface area contributed by atoms with Crippen molar-refractivity contribution in [2.75, 3.05) is 0 Å². The summed E-state index contributed by atoms with van der Waals surface area (Å²) in [6, 6.07) is 0. The van der Waals surface area contributed by atoms with Crippen molar-refractivity contribution >= 4 is 0 Å². The molecule has 0 aromatic carbocycles. The van der Waals surface area contributed by atoms with Crippen molar-refractivity contribution in [1.82, 2.24) is 0 Å². The van der Waals surface area contributed by atoms with Gasteiger partial charge in [-0.1, -0.05) is 20.8 Å². The Morgan fingerprint density at radius 2 is 1.45 bits per heavy atom. The molecule has 0 radical (unpaired) electrons. The first-order chi connectivity index (χ1) is 13.6. The molecule has 0 aromatic heterocycles. The number of hydrogen-bond donors (Lipinski definition) is 5. The standard InChI is InChI=1S/C24H42O5/c1-13(4-7-19(26)27)15-5-6-16-20-17(9-11-23(15,16)2)24(3)10-8-14(25)12-18(24)21(28)22(20)29/h13-22,25-29H,4-12H2,1-3H3/t13?,14?,15?,16?,17?,18?,20?,21?,22?,23-,24-/m1/s1. The number of rotatable bonds is 4. The predicted molar refractivity (Wildman–Crippen MR) is 111 cm³/mol. The molecule has 0 aliphatic heterocycles. The predicted octanol–water partition coefficient (Wildman–Crippen LogP) is 2.67. The molecule has 5 heteroatoms. The van der Waals surface area contributed by atoms with Crippen LogP contribution in [0.5, 0.6) is 0 Å². The van der Waals surface area contributed by atoms with Crippen molar-refractivity contribution in [3.63, 3.8) is 0 Å². The highest BCUT2D eigenvalue weighted by Crippen LogP contribution is 2.68. The third-order valence-corrected chi connectivity index (χ3v) is 10.4. The van der Waals surface area contributed by atoms with Crippen LogP contribution in [0.25, 0.3) is 0 Å². The van der Waals surface area contributed by atoms with Gasteiger partial charge in [-0.2, -0.15) is 0 Å². The summed E-state index contributed by atoms with van der Waals surface area (Å²) in [7, 11) is 0. The van der Waals surface area contributed by atoms with Gasteiger partial charge in [0.25, 0.3) is 0 Å². The molecule has 0 heterocycles. The maximum Gasteiger partial charge on any atom is 0.151 e. The molecule has 4 saturated carbocycles. The molecule has 5 N–H and O–H groups in total. The molecule has 4 aliphatic carbocycles. The zero-order valence-corrected chi connectivity index (χ0v) is 18.4. The Balaban J connectivity index is 1.59. The highest BCUT2D eigenvalue weighted by molar-refractivity contribution is 5.14. The summed E-state index contributed by atoms with van der Waals surface area (Å²) >= 11 is 0. The van der Waals surface area contributed by atoms with Crippen LogP contribution in [0.15, 0.2) is 0 Å². The van der Waals surface area contributed by atoms with E-state index in [1.165, 1.54) is 0 Å². The lowest BCUT2D eigenvalue weighted by molar-refractivity contribution is -0.223. The maximum absolute atomic E-state index is 11.3. The second-order valence-electron chi connectivity index (χ2n) is 11.6. The van der Waals surface area contributed by atoms with E-state index in [9.17, 15) is 25.5 Å². The van der Waals surface area contributed by atoms with E-state index >= 15 is 0 Å². The van der Waals surface area contributed by atoms with Gasteiger partial charge in [0.2, 0.25) is 0 Å². The lowest BCUT2D eigenvalue weighted by Crippen LogP contribution is -2.64. The largest absolute Gasteiger partial charge is 0.393 e. The fourth-order valence-electron chi connectivity index (χ4n) is 8.83. The topological polar surface area (TPSA) is 101 Å². The van der Waals surface area contributed by atoms with Crippen molar-refractivity contribution < 1.29 is 25.5 Å². The Morgan fingerprint density at radius 1 is 0.793 bits per heavy atom. The van der Waals surface area contributed by atoms with Gasteiger partial charge in [-0.15, -0.1) is 0 Å². The maximum atomic E-state index is 11.3. The van der Waals surface area contributed by atoms with E-state index in [-0.39, 0.29) is 28.8 Å². The van der Waals surface area contributed by atoms with Crippen LogP contribution in [0.1, 0.15) is 78.6 Å². The molecule has 5 nitrogen and oxygen atoms in total. The van der Waals surface area contributed by atoms with Gasteiger partial charge in [0.05, 0.1) is 18.3 Å². The second kappa shape index (κ2) is 7.74. The van der Waals surface area contributed by atoms with E-state index in [0.29, 0.717) is 36.5 Å². The summed E-state index contributed by atoms with van der Waals surface area (Å²) in [5.41, 5.74) is 0.160. The molecule has 4 fully saturated rings. The van der Waals surface area contributed by atoms with Gasteiger partial charge in [0.1, 0.15) is 0 Å².